The lowest BCUT2D eigenvalue weighted by atomic mass is 9.93. The average molecular weight is 343 g/mol. The van der Waals surface area contributed by atoms with E-state index in [9.17, 15) is 15.0 Å². The zero-order valence-electron chi connectivity index (χ0n) is 13.9. The fourth-order valence-corrected chi connectivity index (χ4v) is 3.41. The van der Waals surface area contributed by atoms with Crippen LogP contribution in [0, 0.1) is 0 Å². The fourth-order valence-electron chi connectivity index (χ4n) is 3.41. The maximum absolute atomic E-state index is 11.4. The van der Waals surface area contributed by atoms with Crippen molar-refractivity contribution in [2.24, 2.45) is 5.73 Å². The lowest BCUT2D eigenvalue weighted by Gasteiger charge is -2.13. The van der Waals surface area contributed by atoms with Crippen molar-refractivity contribution in [3.63, 3.8) is 0 Å². The molecule has 0 aromatic heterocycles. The smallest absolute Gasteiger partial charge is 0.248 e. The Morgan fingerprint density at radius 1 is 0.769 bits per heavy atom. The standard InChI is InChI=1S/C22H17NO3/c23-22(26)15-5-8-17-14(11-15)7-10-21(25)19(17)12-18-16-4-2-1-3-13(16)6-9-20(18)24/h1-11,24-25H,12H2,(H2,23,26). The molecule has 0 saturated carbocycles. The van der Waals surface area contributed by atoms with Gasteiger partial charge in [-0.2, -0.15) is 0 Å². The minimum Gasteiger partial charge on any atom is -0.508 e. The van der Waals surface area contributed by atoms with Gasteiger partial charge < -0.3 is 15.9 Å². The molecule has 128 valence electrons. The van der Waals surface area contributed by atoms with Gasteiger partial charge in [-0.25, -0.2) is 0 Å². The molecule has 0 heterocycles. The molecule has 4 rings (SSSR count). The molecule has 4 N–H and O–H groups in total. The van der Waals surface area contributed by atoms with E-state index in [-0.39, 0.29) is 11.5 Å². The van der Waals surface area contributed by atoms with Crippen LogP contribution in [-0.2, 0) is 6.42 Å². The van der Waals surface area contributed by atoms with E-state index in [2.05, 4.69) is 0 Å². The van der Waals surface area contributed by atoms with Crippen molar-refractivity contribution in [3.05, 3.63) is 83.4 Å². The Balaban J connectivity index is 1.92. The molecule has 4 heteroatoms. The van der Waals surface area contributed by atoms with Crippen LogP contribution in [0.15, 0.2) is 66.7 Å². The summed E-state index contributed by atoms with van der Waals surface area (Å²) in [4.78, 5) is 11.4. The van der Waals surface area contributed by atoms with Crippen molar-refractivity contribution in [1.29, 1.82) is 0 Å². The number of carbonyl (C=O) groups is 1. The number of rotatable bonds is 3. The van der Waals surface area contributed by atoms with Gasteiger partial charge in [0.1, 0.15) is 11.5 Å². The predicted octanol–water partition coefficient (Wildman–Crippen LogP) is 4.09. The summed E-state index contributed by atoms with van der Waals surface area (Å²) in [6, 6.07) is 19.9. The van der Waals surface area contributed by atoms with E-state index >= 15 is 0 Å². The number of aromatic hydroxyl groups is 2. The van der Waals surface area contributed by atoms with Gasteiger partial charge in [-0.1, -0.05) is 42.5 Å². The summed E-state index contributed by atoms with van der Waals surface area (Å²) >= 11 is 0. The van der Waals surface area contributed by atoms with E-state index in [0.717, 1.165) is 27.1 Å². The van der Waals surface area contributed by atoms with Crippen molar-refractivity contribution in [1.82, 2.24) is 0 Å². The molecule has 4 aromatic carbocycles. The number of phenolic OH excluding ortho intramolecular Hbond substituents is 2. The number of phenols is 2. The maximum atomic E-state index is 11.4. The highest BCUT2D eigenvalue weighted by molar-refractivity contribution is 5.99. The van der Waals surface area contributed by atoms with Gasteiger partial charge in [0.15, 0.2) is 0 Å². The highest BCUT2D eigenvalue weighted by Gasteiger charge is 2.14. The summed E-state index contributed by atoms with van der Waals surface area (Å²) in [7, 11) is 0. The first-order valence-corrected chi connectivity index (χ1v) is 8.28. The van der Waals surface area contributed by atoms with Crippen LogP contribution in [0.2, 0.25) is 0 Å². The van der Waals surface area contributed by atoms with Crippen molar-refractivity contribution in [2.75, 3.05) is 0 Å². The molecule has 0 fully saturated rings. The lowest BCUT2D eigenvalue weighted by molar-refractivity contribution is 0.100. The molecule has 4 nitrogen and oxygen atoms in total. The van der Waals surface area contributed by atoms with Gasteiger partial charge in [0.05, 0.1) is 0 Å². The Morgan fingerprint density at radius 2 is 1.38 bits per heavy atom. The molecule has 0 saturated heterocycles. The third kappa shape index (κ3) is 2.62. The largest absolute Gasteiger partial charge is 0.508 e. The number of hydrogen-bond donors (Lipinski definition) is 3. The Morgan fingerprint density at radius 3 is 2.08 bits per heavy atom. The second-order valence-corrected chi connectivity index (χ2v) is 6.32. The Kier molecular flexibility index (Phi) is 3.73. The van der Waals surface area contributed by atoms with Gasteiger partial charge in [-0.05, 0) is 45.8 Å². The van der Waals surface area contributed by atoms with E-state index in [1.54, 1.807) is 36.4 Å². The monoisotopic (exact) mass is 343 g/mol. The van der Waals surface area contributed by atoms with Crippen LogP contribution < -0.4 is 5.73 Å². The summed E-state index contributed by atoms with van der Waals surface area (Å²) in [5.74, 6) is -0.154. The topological polar surface area (TPSA) is 83.6 Å². The van der Waals surface area contributed by atoms with Crippen molar-refractivity contribution in [2.45, 2.75) is 6.42 Å². The second kappa shape index (κ2) is 6.08. The summed E-state index contributed by atoms with van der Waals surface area (Å²) in [5.41, 5.74) is 7.23. The van der Waals surface area contributed by atoms with Gasteiger partial charge in [0.25, 0.3) is 0 Å². The van der Waals surface area contributed by atoms with Crippen LogP contribution in [0.4, 0.5) is 0 Å². The molecule has 0 spiro atoms. The Bertz CT molecular complexity index is 1160. The van der Waals surface area contributed by atoms with E-state index in [1.807, 2.05) is 30.3 Å². The molecule has 0 aliphatic heterocycles. The SMILES string of the molecule is NC(=O)c1ccc2c(Cc3c(O)ccc4ccccc34)c(O)ccc2c1. The zero-order valence-corrected chi connectivity index (χ0v) is 13.9. The number of hydrogen-bond acceptors (Lipinski definition) is 3. The van der Waals surface area contributed by atoms with Crippen LogP contribution >= 0.6 is 0 Å². The molecule has 26 heavy (non-hydrogen) atoms. The maximum Gasteiger partial charge on any atom is 0.248 e. The minimum absolute atomic E-state index is 0.150. The Labute approximate surface area is 150 Å². The second-order valence-electron chi connectivity index (χ2n) is 6.32. The number of primary amides is 1. The normalized spacial score (nSPS) is 11.1. The fraction of sp³-hybridized carbons (Fsp3) is 0.0455. The van der Waals surface area contributed by atoms with Crippen LogP contribution in [0.25, 0.3) is 21.5 Å². The summed E-state index contributed by atoms with van der Waals surface area (Å²) < 4.78 is 0. The molecular formula is C22H17NO3. The van der Waals surface area contributed by atoms with Gasteiger partial charge in [0.2, 0.25) is 5.91 Å². The third-order valence-corrected chi connectivity index (χ3v) is 4.76. The first kappa shape index (κ1) is 16.0. The third-order valence-electron chi connectivity index (χ3n) is 4.76. The van der Waals surface area contributed by atoms with Gasteiger partial charge in [-0.3, -0.25) is 4.79 Å². The average Bonchev–Trinajstić information content (AvgIpc) is 2.65. The molecular weight excluding hydrogens is 326 g/mol. The van der Waals surface area contributed by atoms with Gasteiger partial charge >= 0.3 is 0 Å². The highest BCUT2D eigenvalue weighted by atomic mass is 16.3. The summed E-state index contributed by atoms with van der Waals surface area (Å²) in [6.07, 6.45) is 0.367. The highest BCUT2D eigenvalue weighted by Crippen LogP contribution is 2.35. The minimum atomic E-state index is -0.492. The molecule has 4 aromatic rings. The van der Waals surface area contributed by atoms with Gasteiger partial charge in [0, 0.05) is 23.1 Å². The number of nitrogens with two attached hydrogens (primary N) is 1. The predicted molar refractivity (Wildman–Crippen MR) is 103 cm³/mol. The lowest BCUT2D eigenvalue weighted by Crippen LogP contribution is -2.10. The first-order chi connectivity index (χ1) is 12.5. The molecule has 0 atom stereocenters. The van der Waals surface area contributed by atoms with E-state index in [0.29, 0.717) is 17.5 Å². The van der Waals surface area contributed by atoms with Crippen LogP contribution in [0.5, 0.6) is 11.5 Å². The molecule has 0 aliphatic carbocycles. The number of fused-ring (bicyclic) bond motifs is 2. The molecule has 0 unspecified atom stereocenters. The van der Waals surface area contributed by atoms with E-state index in [4.69, 9.17) is 5.73 Å². The molecule has 0 aliphatic rings. The number of carbonyl (C=O) groups excluding carboxylic acids is 1. The molecule has 1 amide bonds. The van der Waals surface area contributed by atoms with Crippen LogP contribution in [0.1, 0.15) is 21.5 Å². The van der Waals surface area contributed by atoms with Crippen LogP contribution in [-0.4, -0.2) is 16.1 Å². The number of benzene rings is 4. The van der Waals surface area contributed by atoms with E-state index in [1.165, 1.54) is 0 Å². The van der Waals surface area contributed by atoms with E-state index < -0.39 is 5.91 Å². The van der Waals surface area contributed by atoms with Crippen molar-refractivity contribution >= 4 is 27.5 Å². The molecule has 0 radical (unpaired) electrons. The number of amides is 1. The van der Waals surface area contributed by atoms with Crippen molar-refractivity contribution in [3.8, 4) is 11.5 Å². The molecule has 0 bridgehead atoms. The van der Waals surface area contributed by atoms with Crippen LogP contribution in [0.3, 0.4) is 0 Å². The first-order valence-electron chi connectivity index (χ1n) is 8.28. The Hall–Kier alpha value is -3.53. The van der Waals surface area contributed by atoms with Crippen molar-refractivity contribution < 1.29 is 15.0 Å². The zero-order chi connectivity index (χ0) is 18.3. The summed E-state index contributed by atoms with van der Waals surface area (Å²) in [5, 5.41) is 24.4. The summed E-state index contributed by atoms with van der Waals surface area (Å²) in [6.45, 7) is 0. The van der Waals surface area contributed by atoms with Gasteiger partial charge in [-0.15, -0.1) is 0 Å². The quantitative estimate of drug-likeness (QED) is 0.524.